The molecule has 166 valence electrons. The molecule has 3 aromatic rings. The standard InChI is InChI=1S/C26H30N4O2/c1-4-23-22(18-20-10-6-5-7-11-20)25(28-19(2)27-23)29-14-16-30(17-15-29)26(31)21-12-8-9-13-24(21)32-3/h5-13H,4,14-18H2,1-3H3. The Balaban J connectivity index is 1.55. The van der Waals surface area contributed by atoms with Crippen molar-refractivity contribution in [2.24, 2.45) is 0 Å². The third-order valence-corrected chi connectivity index (χ3v) is 5.95. The Bertz CT molecular complexity index is 1080. The molecule has 1 saturated heterocycles. The van der Waals surface area contributed by atoms with Crippen molar-refractivity contribution in [3.63, 3.8) is 0 Å². The molecule has 0 bridgehead atoms. The zero-order valence-electron chi connectivity index (χ0n) is 19.0. The molecule has 2 aromatic carbocycles. The zero-order valence-corrected chi connectivity index (χ0v) is 19.0. The molecule has 1 aliphatic heterocycles. The number of benzene rings is 2. The number of piperazine rings is 1. The molecule has 6 heteroatoms. The van der Waals surface area contributed by atoms with Gasteiger partial charge in [0, 0.05) is 43.9 Å². The van der Waals surface area contributed by atoms with E-state index in [2.05, 4.69) is 36.1 Å². The average molecular weight is 431 g/mol. The summed E-state index contributed by atoms with van der Waals surface area (Å²) in [6.45, 7) is 6.86. The molecular formula is C26H30N4O2. The fourth-order valence-electron chi connectivity index (χ4n) is 4.29. The topological polar surface area (TPSA) is 58.6 Å². The molecule has 0 atom stereocenters. The Hall–Kier alpha value is -3.41. The smallest absolute Gasteiger partial charge is 0.257 e. The second-order valence-electron chi connectivity index (χ2n) is 8.02. The summed E-state index contributed by atoms with van der Waals surface area (Å²) in [4.78, 5) is 26.9. The van der Waals surface area contributed by atoms with Crippen LogP contribution in [0.25, 0.3) is 0 Å². The molecule has 4 rings (SSSR count). The predicted octanol–water partition coefficient (Wildman–Crippen LogP) is 3.91. The monoisotopic (exact) mass is 430 g/mol. The molecular weight excluding hydrogens is 400 g/mol. The van der Waals surface area contributed by atoms with Crippen LogP contribution in [0.2, 0.25) is 0 Å². The van der Waals surface area contributed by atoms with Gasteiger partial charge < -0.3 is 14.5 Å². The highest BCUT2D eigenvalue weighted by Gasteiger charge is 2.27. The van der Waals surface area contributed by atoms with Crippen molar-refractivity contribution in [2.75, 3.05) is 38.2 Å². The number of aryl methyl sites for hydroxylation is 2. The number of hydrogen-bond acceptors (Lipinski definition) is 5. The van der Waals surface area contributed by atoms with E-state index in [0.29, 0.717) is 24.4 Å². The SMILES string of the molecule is CCc1nc(C)nc(N2CCN(C(=O)c3ccccc3OC)CC2)c1Cc1ccccc1. The molecule has 0 unspecified atom stereocenters. The van der Waals surface area contributed by atoms with Crippen molar-refractivity contribution in [1.82, 2.24) is 14.9 Å². The first-order chi connectivity index (χ1) is 15.6. The van der Waals surface area contributed by atoms with Crippen molar-refractivity contribution in [3.8, 4) is 5.75 Å². The first kappa shape index (κ1) is 21.8. The minimum Gasteiger partial charge on any atom is -0.496 e. The van der Waals surface area contributed by atoms with Crippen LogP contribution in [0.15, 0.2) is 54.6 Å². The molecule has 0 spiro atoms. The van der Waals surface area contributed by atoms with E-state index < -0.39 is 0 Å². The van der Waals surface area contributed by atoms with Gasteiger partial charge in [0.2, 0.25) is 0 Å². The lowest BCUT2D eigenvalue weighted by atomic mass is 10.0. The second kappa shape index (κ2) is 9.81. The van der Waals surface area contributed by atoms with E-state index in [-0.39, 0.29) is 5.91 Å². The minimum absolute atomic E-state index is 0.0136. The minimum atomic E-state index is 0.0136. The van der Waals surface area contributed by atoms with E-state index in [1.165, 1.54) is 11.1 Å². The number of aromatic nitrogens is 2. The fraction of sp³-hybridized carbons (Fsp3) is 0.346. The maximum atomic E-state index is 13.1. The lowest BCUT2D eigenvalue weighted by Gasteiger charge is -2.36. The van der Waals surface area contributed by atoms with Gasteiger partial charge >= 0.3 is 0 Å². The van der Waals surface area contributed by atoms with Crippen LogP contribution in [-0.2, 0) is 12.8 Å². The van der Waals surface area contributed by atoms with Crippen molar-refractivity contribution in [3.05, 3.63) is 82.8 Å². The zero-order chi connectivity index (χ0) is 22.5. The molecule has 0 aliphatic carbocycles. The van der Waals surface area contributed by atoms with Crippen LogP contribution in [0.4, 0.5) is 5.82 Å². The van der Waals surface area contributed by atoms with E-state index in [1.54, 1.807) is 7.11 Å². The summed E-state index contributed by atoms with van der Waals surface area (Å²) in [5.41, 5.74) is 4.15. The van der Waals surface area contributed by atoms with Crippen LogP contribution in [-0.4, -0.2) is 54.1 Å². The largest absolute Gasteiger partial charge is 0.496 e. The summed E-state index contributed by atoms with van der Waals surface area (Å²) in [6.07, 6.45) is 1.67. The van der Waals surface area contributed by atoms with Gasteiger partial charge in [0.1, 0.15) is 17.4 Å². The highest BCUT2D eigenvalue weighted by atomic mass is 16.5. The highest BCUT2D eigenvalue weighted by Crippen LogP contribution is 2.27. The Morgan fingerprint density at radius 3 is 2.34 bits per heavy atom. The quantitative estimate of drug-likeness (QED) is 0.593. The summed E-state index contributed by atoms with van der Waals surface area (Å²) in [5.74, 6) is 2.42. The number of anilines is 1. The molecule has 1 fully saturated rings. The molecule has 0 saturated carbocycles. The summed E-state index contributed by atoms with van der Waals surface area (Å²) in [6, 6.07) is 17.9. The third-order valence-electron chi connectivity index (χ3n) is 5.95. The number of methoxy groups -OCH3 is 1. The summed E-state index contributed by atoms with van der Waals surface area (Å²) in [7, 11) is 1.60. The molecule has 0 N–H and O–H groups in total. The maximum absolute atomic E-state index is 13.1. The Morgan fingerprint density at radius 1 is 0.969 bits per heavy atom. The van der Waals surface area contributed by atoms with Crippen LogP contribution < -0.4 is 9.64 Å². The predicted molar refractivity (Wildman–Crippen MR) is 127 cm³/mol. The number of carbonyl (C=O) groups is 1. The molecule has 1 aromatic heterocycles. The number of carbonyl (C=O) groups excluding carboxylic acids is 1. The first-order valence-electron chi connectivity index (χ1n) is 11.2. The lowest BCUT2D eigenvalue weighted by Crippen LogP contribution is -2.49. The number of rotatable bonds is 6. The molecule has 6 nitrogen and oxygen atoms in total. The van der Waals surface area contributed by atoms with Crippen LogP contribution in [0.5, 0.6) is 5.75 Å². The van der Waals surface area contributed by atoms with E-state index in [0.717, 1.165) is 43.3 Å². The highest BCUT2D eigenvalue weighted by molar-refractivity contribution is 5.97. The number of ether oxygens (including phenoxy) is 1. The van der Waals surface area contributed by atoms with Crippen LogP contribution >= 0.6 is 0 Å². The molecule has 2 heterocycles. The van der Waals surface area contributed by atoms with Crippen molar-refractivity contribution in [1.29, 1.82) is 0 Å². The van der Waals surface area contributed by atoms with Crippen LogP contribution in [0, 0.1) is 6.92 Å². The van der Waals surface area contributed by atoms with E-state index >= 15 is 0 Å². The summed E-state index contributed by atoms with van der Waals surface area (Å²) in [5, 5.41) is 0. The van der Waals surface area contributed by atoms with E-state index in [4.69, 9.17) is 14.7 Å². The molecule has 1 amide bonds. The molecule has 0 radical (unpaired) electrons. The van der Waals surface area contributed by atoms with Crippen LogP contribution in [0.1, 0.15) is 39.9 Å². The van der Waals surface area contributed by atoms with Gasteiger partial charge in [-0.2, -0.15) is 0 Å². The number of para-hydroxylation sites is 1. The lowest BCUT2D eigenvalue weighted by molar-refractivity contribution is 0.0743. The van der Waals surface area contributed by atoms with Crippen molar-refractivity contribution >= 4 is 11.7 Å². The van der Waals surface area contributed by atoms with Gasteiger partial charge in [0.15, 0.2) is 0 Å². The number of amides is 1. The molecule has 32 heavy (non-hydrogen) atoms. The first-order valence-corrected chi connectivity index (χ1v) is 11.2. The third kappa shape index (κ3) is 4.59. The van der Waals surface area contributed by atoms with Crippen molar-refractivity contribution in [2.45, 2.75) is 26.7 Å². The van der Waals surface area contributed by atoms with Crippen LogP contribution in [0.3, 0.4) is 0 Å². The van der Waals surface area contributed by atoms with Gasteiger partial charge in [-0.3, -0.25) is 4.79 Å². The van der Waals surface area contributed by atoms with E-state index in [9.17, 15) is 4.79 Å². The van der Waals surface area contributed by atoms with Crippen molar-refractivity contribution < 1.29 is 9.53 Å². The van der Waals surface area contributed by atoms with E-state index in [1.807, 2.05) is 42.2 Å². The molecule has 1 aliphatic rings. The number of hydrogen-bond donors (Lipinski definition) is 0. The normalized spacial score (nSPS) is 13.8. The van der Waals surface area contributed by atoms with Gasteiger partial charge in [-0.1, -0.05) is 49.4 Å². The maximum Gasteiger partial charge on any atom is 0.257 e. The Labute approximate surface area is 189 Å². The van der Waals surface area contributed by atoms with Gasteiger partial charge in [0.25, 0.3) is 5.91 Å². The summed E-state index contributed by atoms with van der Waals surface area (Å²) < 4.78 is 5.38. The second-order valence-corrected chi connectivity index (χ2v) is 8.02. The fourth-order valence-corrected chi connectivity index (χ4v) is 4.29. The summed E-state index contributed by atoms with van der Waals surface area (Å²) >= 11 is 0. The Morgan fingerprint density at radius 2 is 1.66 bits per heavy atom. The van der Waals surface area contributed by atoms with Gasteiger partial charge in [-0.05, 0) is 31.0 Å². The van der Waals surface area contributed by atoms with Gasteiger partial charge in [-0.25, -0.2) is 9.97 Å². The Kier molecular flexibility index (Phi) is 6.69. The van der Waals surface area contributed by atoms with Gasteiger partial charge in [-0.15, -0.1) is 0 Å². The average Bonchev–Trinajstić information content (AvgIpc) is 2.85. The number of nitrogens with zero attached hydrogens (tertiary/aromatic N) is 4. The van der Waals surface area contributed by atoms with Gasteiger partial charge in [0.05, 0.1) is 12.7 Å².